The zero-order chi connectivity index (χ0) is 12.8. The van der Waals surface area contributed by atoms with Crippen molar-refractivity contribution in [3.05, 3.63) is 29.3 Å². The zero-order valence-electron chi connectivity index (χ0n) is 10.4. The van der Waals surface area contributed by atoms with E-state index in [1.165, 1.54) is 0 Å². The second kappa shape index (κ2) is 5.92. The van der Waals surface area contributed by atoms with Gasteiger partial charge in [-0.1, -0.05) is 26.3 Å². The summed E-state index contributed by atoms with van der Waals surface area (Å²) in [7, 11) is 0. The second-order valence-electron chi connectivity index (χ2n) is 4.11. The topological polar surface area (TPSA) is 56.8 Å². The van der Waals surface area contributed by atoms with E-state index < -0.39 is 0 Å². The molecule has 2 unspecified atom stereocenters. The largest absolute Gasteiger partial charge is 0.489 e. The van der Waals surface area contributed by atoms with Gasteiger partial charge in [-0.25, -0.2) is 0 Å². The lowest BCUT2D eigenvalue weighted by molar-refractivity contribution is 0.158. The van der Waals surface area contributed by atoms with Gasteiger partial charge in [0.05, 0.1) is 11.7 Å². The van der Waals surface area contributed by atoms with Crippen LogP contribution in [0.2, 0.25) is 0 Å². The predicted molar refractivity (Wildman–Crippen MR) is 65.4 cm³/mol. The lowest BCUT2D eigenvalue weighted by Gasteiger charge is -2.21. The molecule has 0 aromatic heterocycles. The maximum atomic E-state index is 9.06. The van der Waals surface area contributed by atoms with Crippen molar-refractivity contribution in [3.8, 4) is 17.9 Å². The summed E-state index contributed by atoms with van der Waals surface area (Å²) in [5.74, 6) is 0.909. The maximum Gasteiger partial charge on any atom is 0.138 e. The highest BCUT2D eigenvalue weighted by Crippen LogP contribution is 2.24. The van der Waals surface area contributed by atoms with E-state index in [1.54, 1.807) is 18.2 Å². The van der Waals surface area contributed by atoms with Crippen molar-refractivity contribution >= 4 is 0 Å². The number of hydrogen-bond donors (Lipinski definition) is 0. The fourth-order valence-corrected chi connectivity index (χ4v) is 1.49. The molecule has 1 aromatic carbocycles. The Hall–Kier alpha value is -2.00. The van der Waals surface area contributed by atoms with Crippen molar-refractivity contribution in [2.45, 2.75) is 33.3 Å². The van der Waals surface area contributed by atoms with Crippen LogP contribution < -0.4 is 4.74 Å². The normalized spacial score (nSPS) is 13.2. The van der Waals surface area contributed by atoms with Crippen molar-refractivity contribution in [1.29, 1.82) is 10.5 Å². The van der Waals surface area contributed by atoms with Crippen LogP contribution in [-0.2, 0) is 0 Å². The number of nitriles is 2. The van der Waals surface area contributed by atoms with Crippen LogP contribution in [0.5, 0.6) is 5.75 Å². The number of hydrogen-bond acceptors (Lipinski definition) is 3. The Balaban J connectivity index is 3.01. The molecule has 0 spiro atoms. The van der Waals surface area contributed by atoms with Crippen molar-refractivity contribution < 1.29 is 4.74 Å². The molecule has 0 bridgehead atoms. The highest BCUT2D eigenvalue weighted by atomic mass is 16.5. The zero-order valence-corrected chi connectivity index (χ0v) is 10.4. The number of nitrogens with zero attached hydrogens (tertiary/aromatic N) is 2. The Morgan fingerprint density at radius 1 is 1.24 bits per heavy atom. The molecule has 0 fully saturated rings. The molecule has 0 saturated heterocycles. The Morgan fingerprint density at radius 2 is 1.94 bits per heavy atom. The number of rotatable bonds is 4. The van der Waals surface area contributed by atoms with E-state index >= 15 is 0 Å². The fourth-order valence-electron chi connectivity index (χ4n) is 1.49. The minimum absolute atomic E-state index is 0.0287. The van der Waals surface area contributed by atoms with Crippen molar-refractivity contribution in [2.24, 2.45) is 5.92 Å². The SMILES string of the molecule is CCC(C)C(C)Oc1cccc(C#N)c1C#N. The first-order chi connectivity index (χ1) is 8.13. The molecule has 88 valence electrons. The van der Waals surface area contributed by atoms with E-state index in [9.17, 15) is 0 Å². The van der Waals surface area contributed by atoms with Crippen molar-refractivity contribution in [1.82, 2.24) is 0 Å². The lowest BCUT2D eigenvalue weighted by atomic mass is 10.0. The Labute approximate surface area is 102 Å². The van der Waals surface area contributed by atoms with E-state index in [0.717, 1.165) is 6.42 Å². The summed E-state index contributed by atoms with van der Waals surface area (Å²) in [6, 6.07) is 9.12. The van der Waals surface area contributed by atoms with Gasteiger partial charge < -0.3 is 4.74 Å². The van der Waals surface area contributed by atoms with E-state index in [1.807, 2.05) is 19.1 Å². The molecular weight excluding hydrogens is 212 g/mol. The molecule has 1 aromatic rings. The van der Waals surface area contributed by atoms with Crippen LogP contribution in [0.1, 0.15) is 38.3 Å². The lowest BCUT2D eigenvalue weighted by Crippen LogP contribution is -2.21. The molecular formula is C14H16N2O. The minimum atomic E-state index is 0.0287. The summed E-state index contributed by atoms with van der Waals surface area (Å²) in [6.45, 7) is 6.18. The molecule has 0 aliphatic carbocycles. The van der Waals surface area contributed by atoms with Crippen LogP contribution >= 0.6 is 0 Å². The van der Waals surface area contributed by atoms with E-state index in [4.69, 9.17) is 15.3 Å². The molecule has 0 saturated carbocycles. The second-order valence-corrected chi connectivity index (χ2v) is 4.11. The van der Waals surface area contributed by atoms with Crippen LogP contribution in [0.25, 0.3) is 0 Å². The van der Waals surface area contributed by atoms with Gasteiger partial charge in [0.25, 0.3) is 0 Å². The molecule has 3 heteroatoms. The molecule has 1 rings (SSSR count). The summed E-state index contributed by atoms with van der Waals surface area (Å²) in [5, 5.41) is 18.0. The summed E-state index contributed by atoms with van der Waals surface area (Å²) < 4.78 is 5.76. The van der Waals surface area contributed by atoms with Gasteiger partial charge in [-0.15, -0.1) is 0 Å². The first-order valence-electron chi connectivity index (χ1n) is 5.73. The fraction of sp³-hybridized carbons (Fsp3) is 0.429. The molecule has 17 heavy (non-hydrogen) atoms. The third-order valence-corrected chi connectivity index (χ3v) is 3.02. The van der Waals surface area contributed by atoms with Gasteiger partial charge >= 0.3 is 0 Å². The molecule has 0 aliphatic heterocycles. The van der Waals surface area contributed by atoms with Gasteiger partial charge in [0, 0.05) is 0 Å². The van der Waals surface area contributed by atoms with Crippen LogP contribution in [0, 0.1) is 28.6 Å². The molecule has 0 aliphatic rings. The third kappa shape index (κ3) is 2.98. The smallest absolute Gasteiger partial charge is 0.138 e. The average molecular weight is 228 g/mol. The van der Waals surface area contributed by atoms with E-state index in [2.05, 4.69) is 13.8 Å². The van der Waals surface area contributed by atoms with Crippen molar-refractivity contribution in [3.63, 3.8) is 0 Å². The average Bonchev–Trinajstić information content (AvgIpc) is 2.37. The van der Waals surface area contributed by atoms with Crippen LogP contribution in [-0.4, -0.2) is 6.10 Å². The molecule has 0 amide bonds. The van der Waals surface area contributed by atoms with Gasteiger partial charge in [0.2, 0.25) is 0 Å². The third-order valence-electron chi connectivity index (χ3n) is 3.02. The molecule has 0 N–H and O–H groups in total. The number of ether oxygens (including phenoxy) is 1. The first-order valence-corrected chi connectivity index (χ1v) is 5.73. The predicted octanol–water partition coefficient (Wildman–Crippen LogP) is 3.24. The Kier molecular flexibility index (Phi) is 4.55. The monoisotopic (exact) mass is 228 g/mol. The van der Waals surface area contributed by atoms with Crippen LogP contribution in [0.15, 0.2) is 18.2 Å². The highest BCUT2D eigenvalue weighted by molar-refractivity contribution is 5.53. The summed E-state index contributed by atoms with van der Waals surface area (Å²) in [6.07, 6.45) is 1.04. The van der Waals surface area contributed by atoms with Gasteiger partial charge in [-0.05, 0) is 25.0 Å². The van der Waals surface area contributed by atoms with Gasteiger partial charge in [-0.2, -0.15) is 10.5 Å². The Morgan fingerprint density at radius 3 is 2.47 bits per heavy atom. The molecule has 0 radical (unpaired) electrons. The van der Waals surface area contributed by atoms with Gasteiger partial charge in [-0.3, -0.25) is 0 Å². The van der Waals surface area contributed by atoms with Crippen molar-refractivity contribution in [2.75, 3.05) is 0 Å². The maximum absolute atomic E-state index is 9.06. The van der Waals surface area contributed by atoms with Gasteiger partial charge in [0.15, 0.2) is 0 Å². The molecule has 3 nitrogen and oxygen atoms in total. The summed E-state index contributed by atoms with van der Waals surface area (Å²) in [4.78, 5) is 0. The summed E-state index contributed by atoms with van der Waals surface area (Å²) in [5.41, 5.74) is 0.687. The molecule has 2 atom stereocenters. The summed E-state index contributed by atoms with van der Waals surface area (Å²) >= 11 is 0. The standard InChI is InChI=1S/C14H16N2O/c1-4-10(2)11(3)17-14-7-5-6-12(8-15)13(14)9-16/h5-7,10-11H,4H2,1-3H3. The quantitative estimate of drug-likeness (QED) is 0.794. The first kappa shape index (κ1) is 13.1. The molecule has 0 heterocycles. The van der Waals surface area contributed by atoms with E-state index in [0.29, 0.717) is 22.8 Å². The minimum Gasteiger partial charge on any atom is -0.489 e. The highest BCUT2D eigenvalue weighted by Gasteiger charge is 2.15. The number of benzene rings is 1. The van der Waals surface area contributed by atoms with Crippen LogP contribution in [0.3, 0.4) is 0 Å². The van der Waals surface area contributed by atoms with E-state index in [-0.39, 0.29) is 6.10 Å². The van der Waals surface area contributed by atoms with Crippen LogP contribution in [0.4, 0.5) is 0 Å². The van der Waals surface area contributed by atoms with Gasteiger partial charge in [0.1, 0.15) is 23.5 Å². The Bertz CT molecular complexity index is 468.